The van der Waals surface area contributed by atoms with E-state index in [0.717, 1.165) is 57.9 Å². The second kappa shape index (κ2) is 7.63. The van der Waals surface area contributed by atoms with E-state index in [4.69, 9.17) is 11.6 Å². The van der Waals surface area contributed by atoms with Crippen LogP contribution in [0.1, 0.15) is 49.3 Å². The maximum Gasteiger partial charge on any atom is 0.417 e. The van der Waals surface area contributed by atoms with Crippen molar-refractivity contribution in [3.05, 3.63) is 34.3 Å². The van der Waals surface area contributed by atoms with E-state index in [9.17, 15) is 13.2 Å². The van der Waals surface area contributed by atoms with Gasteiger partial charge in [-0.1, -0.05) is 43.0 Å². The Balaban J connectivity index is 1.98. The summed E-state index contributed by atoms with van der Waals surface area (Å²) in [6, 6.07) is 4.37. The summed E-state index contributed by atoms with van der Waals surface area (Å²) in [5.74, 6) is 0.387. The van der Waals surface area contributed by atoms with Crippen molar-refractivity contribution in [1.29, 1.82) is 0 Å². The highest BCUT2D eigenvalue weighted by atomic mass is 35.5. The molecule has 1 N–H and O–H groups in total. The second-order valence-corrected chi connectivity index (χ2v) is 7.21. The molecule has 24 heavy (non-hydrogen) atoms. The van der Waals surface area contributed by atoms with E-state index in [0.29, 0.717) is 11.5 Å². The van der Waals surface area contributed by atoms with Gasteiger partial charge in [-0.05, 0) is 30.4 Å². The lowest BCUT2D eigenvalue weighted by Crippen LogP contribution is -2.47. The molecule has 2 aliphatic rings. The van der Waals surface area contributed by atoms with Gasteiger partial charge < -0.3 is 5.32 Å². The van der Waals surface area contributed by atoms with E-state index in [1.807, 2.05) is 0 Å². The molecule has 1 atom stereocenters. The summed E-state index contributed by atoms with van der Waals surface area (Å²) in [6.45, 7) is 3.46. The van der Waals surface area contributed by atoms with Crippen LogP contribution >= 0.6 is 11.6 Å². The first-order valence-corrected chi connectivity index (χ1v) is 9.16. The molecule has 0 unspecified atom stereocenters. The fourth-order valence-corrected chi connectivity index (χ4v) is 4.50. The van der Waals surface area contributed by atoms with E-state index < -0.39 is 11.7 Å². The number of hydrogen-bond acceptors (Lipinski definition) is 2. The van der Waals surface area contributed by atoms with Gasteiger partial charge in [-0.3, -0.25) is 4.90 Å². The smallest absolute Gasteiger partial charge is 0.314 e. The monoisotopic (exact) mass is 360 g/mol. The van der Waals surface area contributed by atoms with Crippen LogP contribution in [0.25, 0.3) is 0 Å². The van der Waals surface area contributed by atoms with Crippen molar-refractivity contribution >= 4 is 11.6 Å². The fourth-order valence-electron chi connectivity index (χ4n) is 4.16. The minimum absolute atomic E-state index is 0.0119. The maximum absolute atomic E-state index is 13.3. The first-order valence-electron chi connectivity index (χ1n) is 8.79. The van der Waals surface area contributed by atoms with E-state index in [1.54, 1.807) is 6.07 Å². The molecule has 0 radical (unpaired) electrons. The molecule has 1 saturated heterocycles. The minimum Gasteiger partial charge on any atom is -0.314 e. The Labute approximate surface area is 146 Å². The number of halogens is 4. The Morgan fingerprint density at radius 3 is 2.38 bits per heavy atom. The van der Waals surface area contributed by atoms with Gasteiger partial charge in [-0.25, -0.2) is 0 Å². The summed E-state index contributed by atoms with van der Waals surface area (Å²) in [7, 11) is 0. The van der Waals surface area contributed by atoms with Crippen LogP contribution in [0, 0.1) is 5.92 Å². The van der Waals surface area contributed by atoms with Gasteiger partial charge in [0.1, 0.15) is 0 Å². The molecule has 2 fully saturated rings. The molecular weight excluding hydrogens is 337 g/mol. The number of benzene rings is 1. The van der Waals surface area contributed by atoms with Crippen molar-refractivity contribution in [2.45, 2.75) is 44.3 Å². The highest BCUT2D eigenvalue weighted by Crippen LogP contribution is 2.44. The van der Waals surface area contributed by atoms with Crippen molar-refractivity contribution in [2.75, 3.05) is 26.2 Å². The molecule has 1 aliphatic carbocycles. The van der Waals surface area contributed by atoms with Gasteiger partial charge in [-0.15, -0.1) is 0 Å². The Morgan fingerprint density at radius 2 is 1.75 bits per heavy atom. The highest BCUT2D eigenvalue weighted by Gasteiger charge is 2.37. The predicted molar refractivity (Wildman–Crippen MR) is 90.2 cm³/mol. The first-order chi connectivity index (χ1) is 11.5. The largest absolute Gasteiger partial charge is 0.417 e. The van der Waals surface area contributed by atoms with Gasteiger partial charge in [0.2, 0.25) is 0 Å². The highest BCUT2D eigenvalue weighted by molar-refractivity contribution is 6.32. The van der Waals surface area contributed by atoms with Crippen LogP contribution in [0.15, 0.2) is 18.2 Å². The maximum atomic E-state index is 13.3. The standard InChI is InChI=1S/C18H24ClF3N2/c19-16-14(7-4-8-15(16)18(20,21)22)17(13-5-2-1-3-6-13)24-11-9-23-10-12-24/h4,7-8,13,17,23H,1-3,5-6,9-12H2/t17-/m1/s1. The summed E-state index contributed by atoms with van der Waals surface area (Å²) in [4.78, 5) is 2.33. The van der Waals surface area contributed by atoms with Crippen molar-refractivity contribution in [3.63, 3.8) is 0 Å². The van der Waals surface area contributed by atoms with Crippen LogP contribution in [0.3, 0.4) is 0 Å². The van der Waals surface area contributed by atoms with Crippen LogP contribution < -0.4 is 5.32 Å². The lowest BCUT2D eigenvalue weighted by atomic mass is 9.79. The van der Waals surface area contributed by atoms with Crippen molar-refractivity contribution in [1.82, 2.24) is 10.2 Å². The molecule has 0 bridgehead atoms. The fraction of sp³-hybridized carbons (Fsp3) is 0.667. The summed E-state index contributed by atoms with van der Waals surface area (Å²) < 4.78 is 39.8. The van der Waals surface area contributed by atoms with Gasteiger partial charge in [0, 0.05) is 32.2 Å². The van der Waals surface area contributed by atoms with Gasteiger partial charge in [0.05, 0.1) is 10.6 Å². The number of hydrogen-bond donors (Lipinski definition) is 1. The van der Waals surface area contributed by atoms with Crippen LogP contribution in [0.2, 0.25) is 5.02 Å². The van der Waals surface area contributed by atoms with E-state index in [-0.39, 0.29) is 11.1 Å². The first kappa shape index (κ1) is 18.0. The normalized spacial score (nSPS) is 22.5. The Morgan fingerprint density at radius 1 is 1.08 bits per heavy atom. The SMILES string of the molecule is FC(F)(F)c1cccc([C@@H](C2CCCCC2)N2CCNCC2)c1Cl. The zero-order chi connectivity index (χ0) is 17.2. The summed E-state index contributed by atoms with van der Waals surface area (Å²) in [6.07, 6.45) is 1.27. The molecule has 1 aromatic carbocycles. The second-order valence-electron chi connectivity index (χ2n) is 6.84. The van der Waals surface area contributed by atoms with Gasteiger partial charge in [0.25, 0.3) is 0 Å². The van der Waals surface area contributed by atoms with Gasteiger partial charge in [-0.2, -0.15) is 13.2 Å². The molecule has 1 aliphatic heterocycles. The Kier molecular flexibility index (Phi) is 5.73. The molecule has 0 spiro atoms. The molecule has 1 aromatic rings. The minimum atomic E-state index is -4.41. The number of alkyl halides is 3. The summed E-state index contributed by atoms with van der Waals surface area (Å²) in [5.41, 5.74) is -0.0575. The third-order valence-electron chi connectivity index (χ3n) is 5.29. The van der Waals surface area contributed by atoms with Crippen molar-refractivity contribution in [2.24, 2.45) is 5.92 Å². The quantitative estimate of drug-likeness (QED) is 0.826. The van der Waals surface area contributed by atoms with Crippen LogP contribution in [0.4, 0.5) is 13.2 Å². The summed E-state index contributed by atoms with van der Waals surface area (Å²) in [5, 5.41) is 3.21. The molecular formula is C18H24ClF3N2. The van der Waals surface area contributed by atoms with E-state index in [2.05, 4.69) is 10.2 Å². The molecule has 3 rings (SSSR count). The molecule has 2 nitrogen and oxygen atoms in total. The van der Waals surface area contributed by atoms with Gasteiger partial charge in [0.15, 0.2) is 0 Å². The zero-order valence-corrected chi connectivity index (χ0v) is 14.5. The molecule has 6 heteroatoms. The number of nitrogens with zero attached hydrogens (tertiary/aromatic N) is 1. The average molecular weight is 361 g/mol. The van der Waals surface area contributed by atoms with Crippen LogP contribution in [-0.4, -0.2) is 31.1 Å². The van der Waals surface area contributed by atoms with E-state index >= 15 is 0 Å². The van der Waals surface area contributed by atoms with Crippen LogP contribution in [0.5, 0.6) is 0 Å². The zero-order valence-electron chi connectivity index (χ0n) is 13.7. The molecule has 134 valence electrons. The average Bonchev–Trinajstić information content (AvgIpc) is 2.58. The number of nitrogens with one attached hydrogen (secondary N) is 1. The Bertz CT molecular complexity index is 532. The third-order valence-corrected chi connectivity index (χ3v) is 5.72. The van der Waals surface area contributed by atoms with Gasteiger partial charge >= 0.3 is 6.18 Å². The predicted octanol–water partition coefficient (Wildman–Crippen LogP) is 4.89. The number of piperazine rings is 1. The molecule has 0 amide bonds. The third kappa shape index (κ3) is 3.89. The topological polar surface area (TPSA) is 15.3 Å². The van der Waals surface area contributed by atoms with Crippen LogP contribution in [-0.2, 0) is 6.18 Å². The lowest BCUT2D eigenvalue weighted by molar-refractivity contribution is -0.137. The van der Waals surface area contributed by atoms with E-state index in [1.165, 1.54) is 12.5 Å². The molecule has 1 heterocycles. The molecule has 1 saturated carbocycles. The Hall–Kier alpha value is -0.780. The summed E-state index contributed by atoms with van der Waals surface area (Å²) >= 11 is 6.26. The van der Waals surface area contributed by atoms with Crippen molar-refractivity contribution in [3.8, 4) is 0 Å². The lowest BCUT2D eigenvalue weighted by Gasteiger charge is -2.41. The number of rotatable bonds is 3. The molecule has 0 aromatic heterocycles. The van der Waals surface area contributed by atoms with Crippen molar-refractivity contribution < 1.29 is 13.2 Å².